The maximum absolute atomic E-state index is 5.93. The van der Waals surface area contributed by atoms with Crippen molar-refractivity contribution >= 4 is 0 Å². The zero-order valence-corrected chi connectivity index (χ0v) is 15.2. The third-order valence-corrected chi connectivity index (χ3v) is 5.04. The van der Waals surface area contributed by atoms with Gasteiger partial charge < -0.3 is 9.64 Å². The van der Waals surface area contributed by atoms with E-state index in [0.29, 0.717) is 12.7 Å². The average Bonchev–Trinajstić information content (AvgIpc) is 2.47. The van der Waals surface area contributed by atoms with E-state index in [0.717, 1.165) is 11.8 Å². The Kier molecular flexibility index (Phi) is 6.78. The maximum atomic E-state index is 5.93. The molecule has 0 aromatic carbocycles. The first-order chi connectivity index (χ1) is 10.4. The van der Waals surface area contributed by atoms with E-state index in [4.69, 9.17) is 4.74 Å². The van der Waals surface area contributed by atoms with E-state index in [1.54, 1.807) is 0 Å². The molecule has 2 nitrogen and oxygen atoms in total. The van der Waals surface area contributed by atoms with Crippen molar-refractivity contribution in [3.63, 3.8) is 0 Å². The van der Waals surface area contributed by atoms with E-state index in [-0.39, 0.29) is 5.41 Å². The van der Waals surface area contributed by atoms with Gasteiger partial charge in [0.25, 0.3) is 0 Å². The van der Waals surface area contributed by atoms with E-state index in [9.17, 15) is 0 Å². The first kappa shape index (κ1) is 17.8. The van der Waals surface area contributed by atoms with Crippen molar-refractivity contribution in [3.8, 4) is 11.8 Å². The molecule has 0 aromatic heterocycles. The van der Waals surface area contributed by atoms with Gasteiger partial charge in [0.2, 0.25) is 0 Å². The molecule has 0 bridgehead atoms. The van der Waals surface area contributed by atoms with Crippen molar-refractivity contribution in [2.75, 3.05) is 26.2 Å². The quantitative estimate of drug-likeness (QED) is 0.716. The molecule has 2 fully saturated rings. The fourth-order valence-corrected chi connectivity index (χ4v) is 3.60. The fourth-order valence-electron chi connectivity index (χ4n) is 3.60. The highest BCUT2D eigenvalue weighted by Gasteiger charge is 2.24. The molecule has 2 heteroatoms. The van der Waals surface area contributed by atoms with E-state index >= 15 is 0 Å². The second-order valence-electron chi connectivity index (χ2n) is 8.49. The van der Waals surface area contributed by atoms with Gasteiger partial charge in [-0.05, 0) is 58.3 Å². The van der Waals surface area contributed by atoms with Crippen LogP contribution in [0.2, 0.25) is 0 Å². The highest BCUT2D eigenvalue weighted by Crippen LogP contribution is 2.29. The molecule has 2 rings (SSSR count). The summed E-state index contributed by atoms with van der Waals surface area (Å²) in [7, 11) is 0. The van der Waals surface area contributed by atoms with Gasteiger partial charge in [-0.3, -0.25) is 0 Å². The van der Waals surface area contributed by atoms with Crippen molar-refractivity contribution < 1.29 is 4.74 Å². The summed E-state index contributed by atoms with van der Waals surface area (Å²) >= 11 is 0. The Balaban J connectivity index is 1.60. The Labute approximate surface area is 138 Å². The van der Waals surface area contributed by atoms with Crippen LogP contribution >= 0.6 is 0 Å². The van der Waals surface area contributed by atoms with Gasteiger partial charge in [-0.1, -0.05) is 31.6 Å². The lowest BCUT2D eigenvalue weighted by molar-refractivity contribution is 0.0187. The second-order valence-corrected chi connectivity index (χ2v) is 8.49. The number of hydrogen-bond donors (Lipinski definition) is 0. The Morgan fingerprint density at radius 3 is 2.23 bits per heavy atom. The molecule has 2 aliphatic rings. The molecule has 1 saturated carbocycles. The molecule has 1 heterocycles. The highest BCUT2D eigenvalue weighted by atomic mass is 16.5. The average molecular weight is 306 g/mol. The van der Waals surface area contributed by atoms with Crippen LogP contribution < -0.4 is 0 Å². The van der Waals surface area contributed by atoms with Crippen LogP contribution in [0.3, 0.4) is 0 Å². The van der Waals surface area contributed by atoms with Gasteiger partial charge in [-0.15, -0.1) is 0 Å². The third kappa shape index (κ3) is 6.71. The lowest BCUT2D eigenvalue weighted by Gasteiger charge is -2.36. The monoisotopic (exact) mass is 305 g/mol. The van der Waals surface area contributed by atoms with Crippen molar-refractivity contribution in [1.82, 2.24) is 4.90 Å². The van der Waals surface area contributed by atoms with Gasteiger partial charge in [-0.2, -0.15) is 0 Å². The fraction of sp³-hybridized carbons (Fsp3) is 0.900. The van der Waals surface area contributed by atoms with Gasteiger partial charge in [0.05, 0.1) is 6.10 Å². The number of piperidine rings is 1. The molecule has 0 N–H and O–H groups in total. The number of nitrogens with zero attached hydrogens (tertiary/aromatic N) is 1. The van der Waals surface area contributed by atoms with Crippen LogP contribution in [0.15, 0.2) is 0 Å². The first-order valence-electron chi connectivity index (χ1n) is 9.26. The smallest absolute Gasteiger partial charge is 0.108 e. The largest absolute Gasteiger partial charge is 0.365 e. The molecular weight excluding hydrogens is 270 g/mol. The van der Waals surface area contributed by atoms with Gasteiger partial charge in [0.15, 0.2) is 0 Å². The van der Waals surface area contributed by atoms with Gasteiger partial charge in [-0.25, -0.2) is 0 Å². The normalized spacial score (nSPS) is 28.2. The van der Waals surface area contributed by atoms with Crippen LogP contribution in [0.4, 0.5) is 0 Å². The lowest BCUT2D eigenvalue weighted by atomic mass is 9.82. The molecule has 0 radical (unpaired) electrons. The molecule has 1 aliphatic carbocycles. The highest BCUT2D eigenvalue weighted by molar-refractivity contribution is 5.07. The SMILES string of the molecule is CC1CCC(CN2CCC(OCC#CC(C)(C)C)CC2)CC1. The minimum absolute atomic E-state index is 0.0875. The van der Waals surface area contributed by atoms with E-state index in [1.165, 1.54) is 58.2 Å². The zero-order chi connectivity index (χ0) is 16.0. The zero-order valence-electron chi connectivity index (χ0n) is 15.2. The standard InChI is InChI=1S/C20H35NO/c1-17-6-8-18(9-7-17)16-21-13-10-19(11-14-21)22-15-5-12-20(2,3)4/h17-19H,6-11,13-16H2,1-4H3. The van der Waals surface area contributed by atoms with Crippen LogP contribution in [0.1, 0.15) is 66.2 Å². The molecule has 0 unspecified atom stereocenters. The molecule has 1 aliphatic heterocycles. The number of rotatable bonds is 4. The Morgan fingerprint density at radius 1 is 1.00 bits per heavy atom. The van der Waals surface area contributed by atoms with Crippen LogP contribution in [-0.4, -0.2) is 37.2 Å². The molecule has 0 atom stereocenters. The Morgan fingerprint density at radius 2 is 1.64 bits per heavy atom. The van der Waals surface area contributed by atoms with E-state index < -0.39 is 0 Å². The van der Waals surface area contributed by atoms with Gasteiger partial charge in [0, 0.05) is 25.0 Å². The Hall–Kier alpha value is -0.520. The van der Waals surface area contributed by atoms with Crippen molar-refractivity contribution in [2.45, 2.75) is 72.3 Å². The maximum Gasteiger partial charge on any atom is 0.108 e. The van der Waals surface area contributed by atoms with Crippen LogP contribution in [0.5, 0.6) is 0 Å². The second kappa shape index (κ2) is 8.37. The van der Waals surface area contributed by atoms with E-state index in [2.05, 4.69) is 44.4 Å². The van der Waals surface area contributed by atoms with Crippen molar-refractivity contribution in [2.24, 2.45) is 17.3 Å². The predicted octanol–water partition coefficient (Wildman–Crippen LogP) is 4.34. The summed E-state index contributed by atoms with van der Waals surface area (Å²) in [6.07, 6.45) is 8.56. The summed E-state index contributed by atoms with van der Waals surface area (Å²) in [5.41, 5.74) is 0.0875. The van der Waals surface area contributed by atoms with Crippen molar-refractivity contribution in [1.29, 1.82) is 0 Å². The molecule has 22 heavy (non-hydrogen) atoms. The van der Waals surface area contributed by atoms with Gasteiger partial charge >= 0.3 is 0 Å². The minimum atomic E-state index is 0.0875. The van der Waals surface area contributed by atoms with Crippen LogP contribution in [0, 0.1) is 29.1 Å². The summed E-state index contributed by atoms with van der Waals surface area (Å²) in [6.45, 7) is 13.2. The summed E-state index contributed by atoms with van der Waals surface area (Å²) in [5, 5.41) is 0. The lowest BCUT2D eigenvalue weighted by Crippen LogP contribution is -2.40. The number of hydrogen-bond acceptors (Lipinski definition) is 2. The summed E-state index contributed by atoms with van der Waals surface area (Å²) in [6, 6.07) is 0. The summed E-state index contributed by atoms with van der Waals surface area (Å²) in [5.74, 6) is 8.32. The molecule has 0 amide bonds. The topological polar surface area (TPSA) is 12.5 Å². The Bertz CT molecular complexity index is 371. The third-order valence-electron chi connectivity index (χ3n) is 5.04. The number of ether oxygens (including phenoxy) is 1. The first-order valence-corrected chi connectivity index (χ1v) is 9.26. The molecule has 126 valence electrons. The number of likely N-dealkylation sites (tertiary alicyclic amines) is 1. The molecule has 0 aromatic rings. The summed E-state index contributed by atoms with van der Waals surface area (Å²) in [4.78, 5) is 2.67. The van der Waals surface area contributed by atoms with Crippen LogP contribution in [-0.2, 0) is 4.74 Å². The van der Waals surface area contributed by atoms with Gasteiger partial charge in [0.1, 0.15) is 6.61 Å². The molecule has 1 saturated heterocycles. The predicted molar refractivity (Wildman–Crippen MR) is 93.8 cm³/mol. The minimum Gasteiger partial charge on any atom is -0.365 e. The molecule has 0 spiro atoms. The van der Waals surface area contributed by atoms with Crippen LogP contribution in [0.25, 0.3) is 0 Å². The van der Waals surface area contributed by atoms with Crippen molar-refractivity contribution in [3.05, 3.63) is 0 Å². The molecular formula is C20H35NO. The summed E-state index contributed by atoms with van der Waals surface area (Å²) < 4.78 is 5.93. The van der Waals surface area contributed by atoms with E-state index in [1.807, 2.05) is 0 Å².